The van der Waals surface area contributed by atoms with E-state index in [1.54, 1.807) is 6.07 Å². The number of esters is 1. The predicted molar refractivity (Wildman–Crippen MR) is 126 cm³/mol. The first kappa shape index (κ1) is 21.2. The summed E-state index contributed by atoms with van der Waals surface area (Å²) in [5.74, 6) is 0.414. The Hall–Kier alpha value is -3.99. The normalized spacial score (nSPS) is 10.8. The molecule has 0 bridgehead atoms. The van der Waals surface area contributed by atoms with E-state index in [1.807, 2.05) is 81.4 Å². The highest BCUT2D eigenvalue weighted by molar-refractivity contribution is 5.96. The van der Waals surface area contributed by atoms with E-state index in [2.05, 4.69) is 0 Å². The second-order valence-electron chi connectivity index (χ2n) is 7.72. The minimum absolute atomic E-state index is 0.0629. The number of benzene rings is 3. The lowest BCUT2D eigenvalue weighted by atomic mass is 9.97. The van der Waals surface area contributed by atoms with E-state index in [1.165, 1.54) is 0 Å². The van der Waals surface area contributed by atoms with Crippen LogP contribution < -0.4 is 10.5 Å². The van der Waals surface area contributed by atoms with Crippen LogP contribution >= 0.6 is 0 Å². The summed E-state index contributed by atoms with van der Waals surface area (Å²) < 4.78 is 11.5. The molecule has 32 heavy (non-hydrogen) atoms. The summed E-state index contributed by atoms with van der Waals surface area (Å²) in [6, 6.07) is 20.4. The Morgan fingerprint density at radius 2 is 1.66 bits per heavy atom. The van der Waals surface area contributed by atoms with E-state index in [0.717, 1.165) is 16.7 Å². The molecular formula is C27H25NO4. The third-order valence-electron chi connectivity index (χ3n) is 5.55. The third-order valence-corrected chi connectivity index (χ3v) is 5.55. The fourth-order valence-electron chi connectivity index (χ4n) is 3.84. The fraction of sp³-hybridized carbons (Fsp3) is 0.148. The fourth-order valence-corrected chi connectivity index (χ4v) is 3.84. The molecule has 5 heteroatoms. The summed E-state index contributed by atoms with van der Waals surface area (Å²) in [6.45, 7) is 5.78. The maximum Gasteiger partial charge on any atom is 0.343 e. The van der Waals surface area contributed by atoms with E-state index >= 15 is 0 Å². The number of carbonyl (C=O) groups is 1. The van der Waals surface area contributed by atoms with E-state index in [0.29, 0.717) is 34.4 Å². The van der Waals surface area contributed by atoms with Crippen LogP contribution in [0.5, 0.6) is 11.5 Å². The van der Waals surface area contributed by atoms with Gasteiger partial charge in [0.05, 0.1) is 11.1 Å². The van der Waals surface area contributed by atoms with Crippen molar-refractivity contribution in [3.05, 3.63) is 89.0 Å². The molecule has 0 aliphatic heterocycles. The smallest absolute Gasteiger partial charge is 0.343 e. The molecule has 0 spiro atoms. The average molecular weight is 428 g/mol. The molecule has 0 radical (unpaired) electrons. The Morgan fingerprint density at radius 1 is 0.969 bits per heavy atom. The summed E-state index contributed by atoms with van der Waals surface area (Å²) in [5.41, 5.74) is 10.8. The van der Waals surface area contributed by atoms with Crippen molar-refractivity contribution in [2.45, 2.75) is 27.2 Å². The zero-order chi connectivity index (χ0) is 22.8. The van der Waals surface area contributed by atoms with E-state index in [9.17, 15) is 9.90 Å². The SMILES string of the molecule is CCc1ccc(-c2c(N)oc(-c3ccccc3)c2O)cc1C(=O)Oc1c(C)cccc1C. The van der Waals surface area contributed by atoms with Gasteiger partial charge in [0.15, 0.2) is 11.5 Å². The second-order valence-corrected chi connectivity index (χ2v) is 7.72. The zero-order valence-electron chi connectivity index (χ0n) is 18.3. The molecule has 5 nitrogen and oxygen atoms in total. The lowest BCUT2D eigenvalue weighted by Gasteiger charge is -2.13. The van der Waals surface area contributed by atoms with Gasteiger partial charge in [-0.15, -0.1) is 0 Å². The van der Waals surface area contributed by atoms with Crippen molar-refractivity contribution in [2.24, 2.45) is 0 Å². The van der Waals surface area contributed by atoms with Crippen molar-refractivity contribution in [3.63, 3.8) is 0 Å². The Balaban J connectivity index is 1.76. The number of aromatic hydroxyl groups is 1. The van der Waals surface area contributed by atoms with Gasteiger partial charge >= 0.3 is 5.97 Å². The molecule has 4 aromatic rings. The Bertz CT molecular complexity index is 1270. The van der Waals surface area contributed by atoms with Gasteiger partial charge in [-0.25, -0.2) is 4.79 Å². The number of aryl methyl sites for hydroxylation is 3. The van der Waals surface area contributed by atoms with E-state index in [4.69, 9.17) is 14.9 Å². The molecule has 0 saturated carbocycles. The number of hydrogen-bond donors (Lipinski definition) is 2. The van der Waals surface area contributed by atoms with Gasteiger partial charge in [-0.3, -0.25) is 0 Å². The molecule has 0 amide bonds. The number of anilines is 1. The second kappa shape index (κ2) is 8.63. The first-order valence-corrected chi connectivity index (χ1v) is 10.5. The number of hydrogen-bond acceptors (Lipinski definition) is 5. The van der Waals surface area contributed by atoms with Crippen LogP contribution in [0, 0.1) is 13.8 Å². The van der Waals surface area contributed by atoms with Gasteiger partial charge in [0, 0.05) is 5.56 Å². The topological polar surface area (TPSA) is 85.7 Å². The summed E-state index contributed by atoms with van der Waals surface area (Å²) in [6.07, 6.45) is 0.652. The van der Waals surface area contributed by atoms with Crippen molar-refractivity contribution in [1.29, 1.82) is 0 Å². The van der Waals surface area contributed by atoms with Crippen LogP contribution in [0.4, 0.5) is 5.88 Å². The molecule has 162 valence electrons. The number of ether oxygens (including phenoxy) is 1. The number of nitrogens with two attached hydrogens (primary N) is 1. The number of carbonyl (C=O) groups excluding carboxylic acids is 1. The molecule has 3 N–H and O–H groups in total. The molecule has 0 saturated heterocycles. The number of nitrogen functional groups attached to an aromatic ring is 1. The van der Waals surface area contributed by atoms with Gasteiger partial charge in [-0.1, -0.05) is 67.6 Å². The largest absolute Gasteiger partial charge is 0.504 e. The lowest BCUT2D eigenvalue weighted by molar-refractivity contribution is 0.0731. The van der Waals surface area contributed by atoms with Crippen LogP contribution in [0.3, 0.4) is 0 Å². The molecule has 0 aliphatic carbocycles. The van der Waals surface area contributed by atoms with Crippen LogP contribution in [0.2, 0.25) is 0 Å². The highest BCUT2D eigenvalue weighted by atomic mass is 16.5. The number of para-hydroxylation sites is 1. The van der Waals surface area contributed by atoms with Crippen LogP contribution in [0.1, 0.15) is 34.0 Å². The molecule has 3 aromatic carbocycles. The first-order chi connectivity index (χ1) is 15.4. The van der Waals surface area contributed by atoms with Gasteiger partial charge in [0.1, 0.15) is 5.75 Å². The van der Waals surface area contributed by atoms with Crippen molar-refractivity contribution < 1.29 is 19.1 Å². The van der Waals surface area contributed by atoms with Gasteiger partial charge in [0.25, 0.3) is 0 Å². The van der Waals surface area contributed by atoms with Crippen LogP contribution in [-0.4, -0.2) is 11.1 Å². The van der Waals surface area contributed by atoms with Crippen molar-refractivity contribution in [3.8, 4) is 33.9 Å². The van der Waals surface area contributed by atoms with Gasteiger partial charge < -0.3 is 20.0 Å². The molecule has 1 heterocycles. The average Bonchev–Trinajstić information content (AvgIpc) is 3.10. The zero-order valence-corrected chi connectivity index (χ0v) is 18.3. The summed E-state index contributed by atoms with van der Waals surface area (Å²) in [7, 11) is 0. The van der Waals surface area contributed by atoms with Crippen LogP contribution in [-0.2, 0) is 6.42 Å². The van der Waals surface area contributed by atoms with Crippen molar-refractivity contribution in [2.75, 3.05) is 5.73 Å². The number of rotatable bonds is 5. The molecule has 0 unspecified atom stereocenters. The molecule has 0 atom stereocenters. The predicted octanol–water partition coefficient (Wildman–Crippen LogP) is 6.30. The summed E-state index contributed by atoms with van der Waals surface area (Å²) >= 11 is 0. The summed E-state index contributed by atoms with van der Waals surface area (Å²) in [4.78, 5) is 13.1. The maximum atomic E-state index is 13.1. The van der Waals surface area contributed by atoms with Crippen LogP contribution in [0.25, 0.3) is 22.5 Å². The maximum absolute atomic E-state index is 13.1. The molecule has 0 fully saturated rings. The standard InChI is InChI=1S/C27H25NO4/c1-4-18-13-14-20(15-21(18)27(30)32-24-16(2)9-8-10-17(24)3)22-23(29)25(31-26(22)28)19-11-6-5-7-12-19/h5-15,29H,4,28H2,1-3H3. The Labute approximate surface area is 187 Å². The van der Waals surface area contributed by atoms with E-state index < -0.39 is 5.97 Å². The minimum Gasteiger partial charge on any atom is -0.504 e. The first-order valence-electron chi connectivity index (χ1n) is 10.5. The molecule has 4 rings (SSSR count). The molecule has 0 aliphatic rings. The molecular weight excluding hydrogens is 402 g/mol. The quantitative estimate of drug-likeness (QED) is 0.288. The van der Waals surface area contributed by atoms with Gasteiger partial charge in [-0.2, -0.15) is 0 Å². The van der Waals surface area contributed by atoms with Gasteiger partial charge in [0.2, 0.25) is 5.88 Å². The minimum atomic E-state index is -0.453. The molecule has 1 aromatic heterocycles. The van der Waals surface area contributed by atoms with Crippen molar-refractivity contribution in [1.82, 2.24) is 0 Å². The number of furan rings is 1. The van der Waals surface area contributed by atoms with Crippen molar-refractivity contribution >= 4 is 11.9 Å². The highest BCUT2D eigenvalue weighted by Gasteiger charge is 2.23. The summed E-state index contributed by atoms with van der Waals surface area (Å²) in [5, 5.41) is 10.9. The third kappa shape index (κ3) is 3.85. The Kier molecular flexibility index (Phi) is 5.73. The van der Waals surface area contributed by atoms with E-state index in [-0.39, 0.29) is 17.4 Å². The van der Waals surface area contributed by atoms with Crippen LogP contribution in [0.15, 0.2) is 71.1 Å². The highest BCUT2D eigenvalue weighted by Crippen LogP contribution is 2.45. The monoisotopic (exact) mass is 427 g/mol. The van der Waals surface area contributed by atoms with Gasteiger partial charge in [-0.05, 0) is 48.6 Å². The Morgan fingerprint density at radius 3 is 2.31 bits per heavy atom. The lowest BCUT2D eigenvalue weighted by Crippen LogP contribution is -2.13.